The van der Waals surface area contributed by atoms with Crippen LogP contribution in [-0.2, 0) is 6.54 Å². The van der Waals surface area contributed by atoms with Crippen molar-refractivity contribution in [2.24, 2.45) is 0 Å². The molecule has 14 heavy (non-hydrogen) atoms. The summed E-state index contributed by atoms with van der Waals surface area (Å²) >= 11 is 0. The Labute approximate surface area is 85.1 Å². The second-order valence-electron chi connectivity index (χ2n) is 3.82. The Hall–Kier alpha value is -1.15. The summed E-state index contributed by atoms with van der Waals surface area (Å²) in [6.07, 6.45) is 10.6. The van der Waals surface area contributed by atoms with Crippen LogP contribution < -0.4 is 5.32 Å². The second-order valence-corrected chi connectivity index (χ2v) is 3.82. The van der Waals surface area contributed by atoms with Gasteiger partial charge in [0.15, 0.2) is 0 Å². The van der Waals surface area contributed by atoms with Crippen LogP contribution in [0.5, 0.6) is 0 Å². The maximum absolute atomic E-state index is 4.14. The minimum atomic E-state index is 0.634. The summed E-state index contributed by atoms with van der Waals surface area (Å²) in [7, 11) is 0. The van der Waals surface area contributed by atoms with E-state index in [1.807, 2.05) is 12.4 Å². The van der Waals surface area contributed by atoms with E-state index in [0.29, 0.717) is 6.04 Å². The molecule has 0 fully saturated rings. The molecular weight excluding hydrogens is 172 g/mol. The Morgan fingerprint density at radius 3 is 2.93 bits per heavy atom. The van der Waals surface area contributed by atoms with Gasteiger partial charge < -0.3 is 5.32 Å². The lowest BCUT2D eigenvalue weighted by Crippen LogP contribution is -2.26. The largest absolute Gasteiger partial charge is 0.309 e. The average Bonchev–Trinajstić information content (AvgIpc) is 2.69. The maximum Gasteiger partial charge on any atom is 0.0315 e. The summed E-state index contributed by atoms with van der Waals surface area (Å²) < 4.78 is 0. The minimum absolute atomic E-state index is 0.634. The van der Waals surface area contributed by atoms with Gasteiger partial charge in [0.25, 0.3) is 0 Å². The van der Waals surface area contributed by atoms with Crippen LogP contribution in [0.3, 0.4) is 0 Å². The third kappa shape index (κ3) is 2.20. The molecule has 0 saturated carbocycles. The van der Waals surface area contributed by atoms with E-state index in [-0.39, 0.29) is 0 Å². The lowest BCUT2D eigenvalue weighted by atomic mass is 10.1. The van der Waals surface area contributed by atoms with Crippen molar-refractivity contribution in [1.29, 1.82) is 0 Å². The van der Waals surface area contributed by atoms with Gasteiger partial charge in [0.1, 0.15) is 0 Å². The fourth-order valence-corrected chi connectivity index (χ4v) is 1.72. The number of aromatic nitrogens is 1. The van der Waals surface area contributed by atoms with Crippen molar-refractivity contribution in [3.05, 3.63) is 41.7 Å². The predicted octanol–water partition coefficient (Wildman–Crippen LogP) is 2.20. The summed E-state index contributed by atoms with van der Waals surface area (Å²) in [5, 5.41) is 3.54. The Morgan fingerprint density at radius 1 is 1.43 bits per heavy atom. The van der Waals surface area contributed by atoms with Crippen molar-refractivity contribution in [3.63, 3.8) is 0 Å². The zero-order valence-corrected chi connectivity index (χ0v) is 8.53. The van der Waals surface area contributed by atoms with Crippen LogP contribution in [0.1, 0.15) is 24.0 Å². The first-order chi connectivity index (χ1) is 6.86. The molecule has 1 aliphatic rings. The van der Waals surface area contributed by atoms with E-state index >= 15 is 0 Å². The van der Waals surface area contributed by atoms with E-state index in [2.05, 4.69) is 35.4 Å². The molecular formula is C12H16N2. The zero-order valence-electron chi connectivity index (χ0n) is 8.53. The average molecular weight is 188 g/mol. The molecule has 1 aliphatic carbocycles. The van der Waals surface area contributed by atoms with E-state index in [4.69, 9.17) is 0 Å². The molecule has 0 aromatic carbocycles. The third-order valence-corrected chi connectivity index (χ3v) is 2.74. The van der Waals surface area contributed by atoms with Crippen molar-refractivity contribution in [1.82, 2.24) is 10.3 Å². The van der Waals surface area contributed by atoms with E-state index < -0.39 is 0 Å². The molecule has 0 aliphatic heterocycles. The van der Waals surface area contributed by atoms with Crippen molar-refractivity contribution in [3.8, 4) is 0 Å². The third-order valence-electron chi connectivity index (χ3n) is 2.74. The first-order valence-corrected chi connectivity index (χ1v) is 5.14. The van der Waals surface area contributed by atoms with Gasteiger partial charge in [-0.15, -0.1) is 0 Å². The summed E-state index contributed by atoms with van der Waals surface area (Å²) in [5.74, 6) is 0. The van der Waals surface area contributed by atoms with Crippen LogP contribution in [0.15, 0.2) is 30.6 Å². The first-order valence-electron chi connectivity index (χ1n) is 5.14. The molecule has 1 heterocycles. The van der Waals surface area contributed by atoms with Gasteiger partial charge in [-0.25, -0.2) is 0 Å². The van der Waals surface area contributed by atoms with Gasteiger partial charge in [-0.05, 0) is 37.0 Å². The molecule has 0 saturated heterocycles. The molecule has 0 atom stereocenters. The monoisotopic (exact) mass is 188 g/mol. The number of nitrogens with zero attached hydrogens (tertiary/aromatic N) is 1. The minimum Gasteiger partial charge on any atom is -0.309 e. The van der Waals surface area contributed by atoms with Crippen LogP contribution >= 0.6 is 0 Å². The van der Waals surface area contributed by atoms with Crippen molar-refractivity contribution in [2.45, 2.75) is 32.4 Å². The summed E-state index contributed by atoms with van der Waals surface area (Å²) in [6.45, 7) is 3.07. The van der Waals surface area contributed by atoms with Gasteiger partial charge in [0, 0.05) is 25.0 Å². The SMILES string of the molecule is Cc1ccncc1CNC1CC=CC1. The van der Waals surface area contributed by atoms with Gasteiger partial charge in [0.2, 0.25) is 0 Å². The Bertz CT molecular complexity index is 323. The number of hydrogen-bond acceptors (Lipinski definition) is 2. The van der Waals surface area contributed by atoms with E-state index in [9.17, 15) is 0 Å². The normalized spacial score (nSPS) is 16.4. The quantitative estimate of drug-likeness (QED) is 0.735. The molecule has 0 amide bonds. The van der Waals surface area contributed by atoms with E-state index in [1.54, 1.807) is 0 Å². The van der Waals surface area contributed by atoms with Gasteiger partial charge in [-0.3, -0.25) is 4.98 Å². The highest BCUT2D eigenvalue weighted by Crippen LogP contribution is 2.11. The van der Waals surface area contributed by atoms with Crippen LogP contribution in [0.2, 0.25) is 0 Å². The van der Waals surface area contributed by atoms with Crippen LogP contribution in [-0.4, -0.2) is 11.0 Å². The molecule has 1 aromatic heterocycles. The van der Waals surface area contributed by atoms with E-state index in [1.165, 1.54) is 24.0 Å². The molecule has 2 rings (SSSR count). The predicted molar refractivity (Wildman–Crippen MR) is 58.0 cm³/mol. The lowest BCUT2D eigenvalue weighted by Gasteiger charge is -2.12. The summed E-state index contributed by atoms with van der Waals surface area (Å²) in [4.78, 5) is 4.14. The van der Waals surface area contributed by atoms with Crippen LogP contribution in [0.4, 0.5) is 0 Å². The van der Waals surface area contributed by atoms with E-state index in [0.717, 1.165) is 6.54 Å². The van der Waals surface area contributed by atoms with Crippen LogP contribution in [0.25, 0.3) is 0 Å². The Morgan fingerprint density at radius 2 is 2.21 bits per heavy atom. The summed E-state index contributed by atoms with van der Waals surface area (Å²) in [6, 6.07) is 2.69. The number of pyridine rings is 1. The fraction of sp³-hybridized carbons (Fsp3) is 0.417. The highest BCUT2D eigenvalue weighted by Gasteiger charge is 2.09. The first kappa shape index (κ1) is 9.41. The Balaban J connectivity index is 1.88. The number of aryl methyl sites for hydroxylation is 1. The second kappa shape index (κ2) is 4.38. The zero-order chi connectivity index (χ0) is 9.80. The molecule has 74 valence electrons. The molecule has 2 nitrogen and oxygen atoms in total. The molecule has 0 bridgehead atoms. The van der Waals surface area contributed by atoms with Crippen LogP contribution in [0, 0.1) is 6.92 Å². The molecule has 0 spiro atoms. The van der Waals surface area contributed by atoms with Gasteiger partial charge in [0.05, 0.1) is 0 Å². The molecule has 0 unspecified atom stereocenters. The lowest BCUT2D eigenvalue weighted by molar-refractivity contribution is 0.537. The topological polar surface area (TPSA) is 24.9 Å². The number of hydrogen-bond donors (Lipinski definition) is 1. The smallest absolute Gasteiger partial charge is 0.0315 e. The number of rotatable bonds is 3. The summed E-state index contributed by atoms with van der Waals surface area (Å²) in [5.41, 5.74) is 2.62. The van der Waals surface area contributed by atoms with Crippen molar-refractivity contribution >= 4 is 0 Å². The highest BCUT2D eigenvalue weighted by molar-refractivity contribution is 5.21. The molecule has 1 N–H and O–H groups in total. The van der Waals surface area contributed by atoms with Gasteiger partial charge in [-0.1, -0.05) is 12.2 Å². The van der Waals surface area contributed by atoms with Crippen molar-refractivity contribution < 1.29 is 0 Å². The van der Waals surface area contributed by atoms with Gasteiger partial charge >= 0.3 is 0 Å². The maximum atomic E-state index is 4.14. The fourth-order valence-electron chi connectivity index (χ4n) is 1.72. The highest BCUT2D eigenvalue weighted by atomic mass is 14.9. The van der Waals surface area contributed by atoms with Gasteiger partial charge in [-0.2, -0.15) is 0 Å². The standard InChI is InChI=1S/C12H16N2/c1-10-6-7-13-8-11(10)9-14-12-4-2-3-5-12/h2-3,6-8,12,14H,4-5,9H2,1H3. The Kier molecular flexibility index (Phi) is 2.94. The number of nitrogens with one attached hydrogen (secondary N) is 1. The molecule has 1 aromatic rings. The molecule has 2 heteroatoms. The molecule has 0 radical (unpaired) electrons. The van der Waals surface area contributed by atoms with Crippen molar-refractivity contribution in [2.75, 3.05) is 0 Å².